The van der Waals surface area contributed by atoms with Crippen LogP contribution >= 0.6 is 15.9 Å². The summed E-state index contributed by atoms with van der Waals surface area (Å²) in [5, 5.41) is 0. The van der Waals surface area contributed by atoms with E-state index in [4.69, 9.17) is 4.74 Å². The minimum Gasteiger partial charge on any atom is -0.441 e. The molecule has 0 aliphatic carbocycles. The van der Waals surface area contributed by atoms with Gasteiger partial charge in [-0.3, -0.25) is 0 Å². The van der Waals surface area contributed by atoms with Crippen molar-refractivity contribution in [2.24, 2.45) is 0 Å². The molecule has 138 valence electrons. The lowest BCUT2D eigenvalue weighted by Gasteiger charge is -2.36. The van der Waals surface area contributed by atoms with Gasteiger partial charge >= 0.3 is 6.09 Å². The first-order valence-electron chi connectivity index (χ1n) is 8.51. The van der Waals surface area contributed by atoms with Crippen LogP contribution in [0.15, 0.2) is 65.7 Å². The minimum absolute atomic E-state index is 0.0511. The van der Waals surface area contributed by atoms with Gasteiger partial charge in [0.05, 0.1) is 6.04 Å². The number of halogens is 2. The van der Waals surface area contributed by atoms with Crippen molar-refractivity contribution in [2.45, 2.75) is 32.4 Å². The summed E-state index contributed by atoms with van der Waals surface area (Å²) in [5.41, 5.74) is 1.89. The van der Waals surface area contributed by atoms with Gasteiger partial charge in [-0.15, -0.1) is 6.58 Å². The minimum atomic E-state index is -0.332. The fraction of sp³-hybridized carbons (Fsp3) is 0.286. The Labute approximate surface area is 162 Å². The van der Waals surface area contributed by atoms with E-state index in [0.29, 0.717) is 13.0 Å². The first-order chi connectivity index (χ1) is 12.5. The van der Waals surface area contributed by atoms with Gasteiger partial charge in [-0.1, -0.05) is 46.3 Å². The van der Waals surface area contributed by atoms with Crippen molar-refractivity contribution in [2.75, 3.05) is 6.54 Å². The number of carbonyl (C=O) groups excluding carboxylic acids is 1. The zero-order valence-corrected chi connectivity index (χ0v) is 16.6. The molecule has 1 fully saturated rings. The van der Waals surface area contributed by atoms with Crippen LogP contribution < -0.4 is 0 Å². The number of benzene rings is 2. The van der Waals surface area contributed by atoms with E-state index in [1.165, 1.54) is 12.1 Å². The Bertz CT molecular complexity index is 731. The fourth-order valence-corrected chi connectivity index (χ4v) is 3.05. The Morgan fingerprint density at radius 3 is 2.35 bits per heavy atom. The highest BCUT2D eigenvalue weighted by Crippen LogP contribution is 2.32. The first kappa shape index (κ1) is 20.2. The van der Waals surface area contributed by atoms with Gasteiger partial charge in [-0.25, -0.2) is 9.18 Å². The molecule has 2 aromatic carbocycles. The van der Waals surface area contributed by atoms with E-state index in [1.54, 1.807) is 23.1 Å². The summed E-state index contributed by atoms with van der Waals surface area (Å²) >= 11 is 3.41. The van der Waals surface area contributed by atoms with Crippen molar-refractivity contribution in [3.8, 4) is 0 Å². The molecule has 1 saturated heterocycles. The summed E-state index contributed by atoms with van der Waals surface area (Å²) in [7, 11) is 0. The smallest absolute Gasteiger partial charge is 0.410 e. The summed E-state index contributed by atoms with van der Waals surface area (Å²) in [6.07, 6.45) is 1.80. The zero-order chi connectivity index (χ0) is 19.1. The van der Waals surface area contributed by atoms with Crippen LogP contribution in [0.1, 0.15) is 43.5 Å². The van der Waals surface area contributed by atoms with Crippen molar-refractivity contribution < 1.29 is 13.9 Å². The summed E-state index contributed by atoms with van der Waals surface area (Å²) in [4.78, 5) is 14.1. The van der Waals surface area contributed by atoms with Crippen LogP contribution in [0.3, 0.4) is 0 Å². The van der Waals surface area contributed by atoms with Crippen LogP contribution in [0.2, 0.25) is 0 Å². The van der Waals surface area contributed by atoms with Gasteiger partial charge < -0.3 is 9.64 Å². The Hall–Kier alpha value is -2.14. The normalized spacial score (nSPS) is 17.6. The monoisotopic (exact) mass is 419 g/mol. The van der Waals surface area contributed by atoms with E-state index in [2.05, 4.69) is 22.5 Å². The molecule has 3 nitrogen and oxygen atoms in total. The van der Waals surface area contributed by atoms with Gasteiger partial charge in [-0.2, -0.15) is 0 Å². The number of hydrogen-bond acceptors (Lipinski definition) is 2. The quantitative estimate of drug-likeness (QED) is 0.536. The van der Waals surface area contributed by atoms with E-state index in [0.717, 1.165) is 15.6 Å². The lowest BCUT2D eigenvalue weighted by atomic mass is 10.0. The maximum atomic E-state index is 13.0. The fourth-order valence-electron chi connectivity index (χ4n) is 2.78. The van der Waals surface area contributed by atoms with Crippen LogP contribution in [0.25, 0.3) is 0 Å². The Balaban J connectivity index is 0.000000758. The molecule has 1 heterocycles. The number of carbonyl (C=O) groups is 1. The van der Waals surface area contributed by atoms with Crippen molar-refractivity contribution in [1.82, 2.24) is 4.90 Å². The molecule has 0 spiro atoms. The maximum Gasteiger partial charge on any atom is 0.410 e. The molecule has 2 atom stereocenters. The SMILES string of the molecule is C=CC.CC(c1ccc(Br)cc1)N1CCC(c2ccc(F)cc2)OC1=O. The second-order valence-corrected chi connectivity index (χ2v) is 6.96. The standard InChI is InChI=1S/C18H17BrFNO2.C3H6/c1-12(13-2-6-15(19)7-3-13)21-11-10-17(23-18(21)22)14-4-8-16(20)9-5-14;1-3-2/h2-9,12,17H,10-11H2,1H3;3H,1H2,2H3. The van der Waals surface area contributed by atoms with Crippen molar-refractivity contribution >= 4 is 22.0 Å². The average Bonchev–Trinajstić information content (AvgIpc) is 2.63. The second-order valence-electron chi connectivity index (χ2n) is 6.04. The predicted molar refractivity (Wildman–Crippen MR) is 105 cm³/mol. The van der Waals surface area contributed by atoms with E-state index < -0.39 is 0 Å². The van der Waals surface area contributed by atoms with Gasteiger partial charge in [0.15, 0.2) is 0 Å². The Kier molecular flexibility index (Phi) is 7.39. The van der Waals surface area contributed by atoms with Crippen LogP contribution in [-0.4, -0.2) is 17.5 Å². The molecule has 2 unspecified atom stereocenters. The number of ether oxygens (including phenoxy) is 1. The number of nitrogens with zero attached hydrogens (tertiary/aromatic N) is 1. The third-order valence-electron chi connectivity index (χ3n) is 4.17. The number of hydrogen-bond donors (Lipinski definition) is 0. The summed E-state index contributed by atoms with van der Waals surface area (Å²) in [5.74, 6) is -0.290. The molecule has 1 aliphatic heterocycles. The molecule has 0 saturated carbocycles. The number of rotatable bonds is 3. The lowest BCUT2D eigenvalue weighted by molar-refractivity contribution is 0.0123. The number of allylic oxidation sites excluding steroid dienone is 1. The van der Waals surface area contributed by atoms with E-state index >= 15 is 0 Å². The van der Waals surface area contributed by atoms with Crippen LogP contribution in [0, 0.1) is 5.82 Å². The van der Waals surface area contributed by atoms with Crippen molar-refractivity contribution in [1.29, 1.82) is 0 Å². The number of cyclic esters (lactones) is 1. The molecule has 2 aromatic rings. The molecule has 1 aliphatic rings. The van der Waals surface area contributed by atoms with Gasteiger partial charge in [0.2, 0.25) is 0 Å². The second kappa shape index (κ2) is 9.53. The molecule has 0 aromatic heterocycles. The maximum absolute atomic E-state index is 13.0. The molecule has 3 rings (SSSR count). The molecule has 0 N–H and O–H groups in total. The highest BCUT2D eigenvalue weighted by molar-refractivity contribution is 9.10. The molecule has 0 radical (unpaired) electrons. The van der Waals surface area contributed by atoms with Crippen LogP contribution in [-0.2, 0) is 4.74 Å². The molecule has 5 heteroatoms. The van der Waals surface area contributed by atoms with E-state index in [-0.39, 0.29) is 24.1 Å². The number of amides is 1. The summed E-state index contributed by atoms with van der Waals surface area (Å²) < 4.78 is 19.5. The molecule has 1 amide bonds. The highest BCUT2D eigenvalue weighted by Gasteiger charge is 2.31. The summed E-state index contributed by atoms with van der Waals surface area (Å²) in [6, 6.07) is 14.0. The zero-order valence-electron chi connectivity index (χ0n) is 15.0. The lowest BCUT2D eigenvalue weighted by Crippen LogP contribution is -2.40. The van der Waals surface area contributed by atoms with Gasteiger partial charge in [0.1, 0.15) is 11.9 Å². The van der Waals surface area contributed by atoms with Gasteiger partial charge in [0, 0.05) is 17.4 Å². The van der Waals surface area contributed by atoms with Crippen LogP contribution in [0.4, 0.5) is 9.18 Å². The van der Waals surface area contributed by atoms with Crippen molar-refractivity contribution in [3.05, 3.63) is 82.6 Å². The molecular weight excluding hydrogens is 397 g/mol. The third-order valence-corrected chi connectivity index (χ3v) is 4.70. The van der Waals surface area contributed by atoms with Crippen molar-refractivity contribution in [3.63, 3.8) is 0 Å². The molecular formula is C21H23BrFNO2. The highest BCUT2D eigenvalue weighted by atomic mass is 79.9. The Morgan fingerprint density at radius 1 is 1.23 bits per heavy atom. The van der Waals surface area contributed by atoms with E-state index in [9.17, 15) is 9.18 Å². The Morgan fingerprint density at radius 2 is 1.81 bits per heavy atom. The summed E-state index contributed by atoms with van der Waals surface area (Å²) in [6.45, 7) is 7.85. The predicted octanol–water partition coefficient (Wildman–Crippen LogP) is 6.43. The molecule has 26 heavy (non-hydrogen) atoms. The third kappa shape index (κ3) is 5.18. The molecule has 0 bridgehead atoms. The van der Waals surface area contributed by atoms with Gasteiger partial charge in [0.25, 0.3) is 0 Å². The first-order valence-corrected chi connectivity index (χ1v) is 9.30. The average molecular weight is 420 g/mol. The van der Waals surface area contributed by atoms with E-state index in [1.807, 2.05) is 38.1 Å². The topological polar surface area (TPSA) is 29.5 Å². The van der Waals surface area contributed by atoms with Crippen LogP contribution in [0.5, 0.6) is 0 Å². The van der Waals surface area contributed by atoms with Gasteiger partial charge in [-0.05, 0) is 49.2 Å². The largest absolute Gasteiger partial charge is 0.441 e.